The summed E-state index contributed by atoms with van der Waals surface area (Å²) < 4.78 is 0. The Bertz CT molecular complexity index is 258. The van der Waals surface area contributed by atoms with Gasteiger partial charge in [0.05, 0.1) is 12.1 Å². The van der Waals surface area contributed by atoms with E-state index in [1.54, 1.807) is 0 Å². The molecule has 1 amide bonds. The Morgan fingerprint density at radius 2 is 2.29 bits per heavy atom. The SMILES string of the molecule is CCCC(N)C(=O)NCC1(C)CCCCC1O. The molecule has 4 heteroatoms. The summed E-state index contributed by atoms with van der Waals surface area (Å²) in [6, 6.07) is -0.413. The predicted octanol–water partition coefficient (Wildman–Crippen LogP) is 1.17. The third-order valence-electron chi connectivity index (χ3n) is 3.88. The number of carbonyl (C=O) groups excluding carboxylic acids is 1. The van der Waals surface area contributed by atoms with Crippen LogP contribution in [0.25, 0.3) is 0 Å². The van der Waals surface area contributed by atoms with Crippen LogP contribution in [0.4, 0.5) is 0 Å². The van der Waals surface area contributed by atoms with E-state index in [1.807, 2.05) is 13.8 Å². The first kappa shape index (κ1) is 14.5. The van der Waals surface area contributed by atoms with Crippen molar-refractivity contribution in [3.05, 3.63) is 0 Å². The standard InChI is InChI=1S/C13H26N2O2/c1-3-6-10(14)12(17)15-9-13(2)8-5-4-7-11(13)16/h10-11,16H,3-9,14H2,1-2H3,(H,15,17). The summed E-state index contributed by atoms with van der Waals surface area (Å²) in [4.78, 5) is 11.7. The van der Waals surface area contributed by atoms with Gasteiger partial charge in [-0.05, 0) is 19.3 Å². The zero-order valence-electron chi connectivity index (χ0n) is 11.0. The van der Waals surface area contributed by atoms with Gasteiger partial charge in [-0.1, -0.05) is 33.1 Å². The third-order valence-corrected chi connectivity index (χ3v) is 3.88. The smallest absolute Gasteiger partial charge is 0.236 e. The predicted molar refractivity (Wildman–Crippen MR) is 68.5 cm³/mol. The molecule has 100 valence electrons. The van der Waals surface area contributed by atoms with Crippen LogP contribution in [0, 0.1) is 5.41 Å². The van der Waals surface area contributed by atoms with E-state index in [0.29, 0.717) is 13.0 Å². The Morgan fingerprint density at radius 3 is 2.88 bits per heavy atom. The number of nitrogens with two attached hydrogens (primary N) is 1. The minimum atomic E-state index is -0.413. The Hall–Kier alpha value is -0.610. The normalized spacial score (nSPS) is 30.9. The lowest BCUT2D eigenvalue weighted by Crippen LogP contribution is -2.49. The van der Waals surface area contributed by atoms with Crippen LogP contribution >= 0.6 is 0 Å². The molecule has 1 fully saturated rings. The first-order valence-electron chi connectivity index (χ1n) is 6.71. The van der Waals surface area contributed by atoms with Gasteiger partial charge in [-0.2, -0.15) is 0 Å². The molecule has 1 aliphatic rings. The molecule has 3 atom stereocenters. The number of nitrogens with one attached hydrogen (secondary N) is 1. The fourth-order valence-electron chi connectivity index (χ4n) is 2.45. The number of hydrogen-bond acceptors (Lipinski definition) is 3. The molecule has 1 rings (SSSR count). The van der Waals surface area contributed by atoms with Crippen molar-refractivity contribution in [2.45, 2.75) is 64.5 Å². The highest BCUT2D eigenvalue weighted by Crippen LogP contribution is 2.35. The molecule has 0 saturated heterocycles. The van der Waals surface area contributed by atoms with Gasteiger partial charge in [-0.25, -0.2) is 0 Å². The Kier molecular flexibility index (Phi) is 5.40. The molecule has 17 heavy (non-hydrogen) atoms. The third kappa shape index (κ3) is 3.96. The molecule has 0 aromatic rings. The maximum absolute atomic E-state index is 11.7. The molecule has 0 spiro atoms. The molecule has 3 unspecified atom stereocenters. The van der Waals surface area contributed by atoms with Gasteiger partial charge in [0.2, 0.25) is 5.91 Å². The van der Waals surface area contributed by atoms with Gasteiger partial charge in [0, 0.05) is 12.0 Å². The minimum Gasteiger partial charge on any atom is -0.392 e. The monoisotopic (exact) mass is 242 g/mol. The van der Waals surface area contributed by atoms with Gasteiger partial charge in [-0.3, -0.25) is 4.79 Å². The summed E-state index contributed by atoms with van der Waals surface area (Å²) in [5.74, 6) is -0.0918. The van der Waals surface area contributed by atoms with Crippen LogP contribution in [0.2, 0.25) is 0 Å². The summed E-state index contributed by atoms with van der Waals surface area (Å²) in [5, 5.41) is 12.9. The van der Waals surface area contributed by atoms with E-state index >= 15 is 0 Å². The molecular weight excluding hydrogens is 216 g/mol. The maximum Gasteiger partial charge on any atom is 0.236 e. The van der Waals surface area contributed by atoms with Crippen LogP contribution in [0.15, 0.2) is 0 Å². The Labute approximate surface area is 104 Å². The van der Waals surface area contributed by atoms with Crippen LogP contribution in [-0.4, -0.2) is 29.7 Å². The van der Waals surface area contributed by atoms with Gasteiger partial charge < -0.3 is 16.2 Å². The van der Waals surface area contributed by atoms with Crippen LogP contribution in [0.1, 0.15) is 52.4 Å². The van der Waals surface area contributed by atoms with Crippen LogP contribution in [-0.2, 0) is 4.79 Å². The number of aliphatic hydroxyl groups is 1. The second-order valence-electron chi connectivity index (χ2n) is 5.53. The molecule has 1 aliphatic carbocycles. The zero-order chi connectivity index (χ0) is 12.9. The molecule has 0 aliphatic heterocycles. The Morgan fingerprint density at radius 1 is 1.59 bits per heavy atom. The van der Waals surface area contributed by atoms with Crippen molar-refractivity contribution < 1.29 is 9.90 Å². The number of hydrogen-bond donors (Lipinski definition) is 3. The summed E-state index contributed by atoms with van der Waals surface area (Å²) in [6.45, 7) is 4.59. The van der Waals surface area contributed by atoms with E-state index in [9.17, 15) is 9.90 Å². The number of carbonyl (C=O) groups is 1. The van der Waals surface area contributed by atoms with E-state index in [1.165, 1.54) is 0 Å². The zero-order valence-corrected chi connectivity index (χ0v) is 11.0. The van der Waals surface area contributed by atoms with Crippen molar-refractivity contribution in [3.63, 3.8) is 0 Å². The number of rotatable bonds is 5. The van der Waals surface area contributed by atoms with Crippen molar-refractivity contribution in [3.8, 4) is 0 Å². The topological polar surface area (TPSA) is 75.4 Å². The summed E-state index contributed by atoms with van der Waals surface area (Å²) in [5.41, 5.74) is 5.57. The van der Waals surface area contributed by atoms with Gasteiger partial charge >= 0.3 is 0 Å². The molecule has 0 aromatic heterocycles. The molecule has 0 radical (unpaired) electrons. The molecule has 4 nitrogen and oxygen atoms in total. The second kappa shape index (κ2) is 6.36. The van der Waals surface area contributed by atoms with E-state index < -0.39 is 6.04 Å². The maximum atomic E-state index is 11.7. The van der Waals surface area contributed by atoms with E-state index in [4.69, 9.17) is 5.73 Å². The first-order valence-corrected chi connectivity index (χ1v) is 6.71. The average molecular weight is 242 g/mol. The quantitative estimate of drug-likeness (QED) is 0.677. The first-order chi connectivity index (χ1) is 7.99. The lowest BCUT2D eigenvalue weighted by Gasteiger charge is -2.38. The number of aliphatic hydroxyl groups excluding tert-OH is 1. The van der Waals surface area contributed by atoms with Crippen molar-refractivity contribution in [1.82, 2.24) is 5.32 Å². The van der Waals surface area contributed by atoms with E-state index in [2.05, 4.69) is 5.32 Å². The van der Waals surface area contributed by atoms with Gasteiger partial charge in [0.1, 0.15) is 0 Å². The highest BCUT2D eigenvalue weighted by molar-refractivity contribution is 5.81. The van der Waals surface area contributed by atoms with Crippen molar-refractivity contribution >= 4 is 5.91 Å². The average Bonchev–Trinajstić information content (AvgIpc) is 2.30. The minimum absolute atomic E-state index is 0.0918. The number of amides is 1. The van der Waals surface area contributed by atoms with Gasteiger partial charge in [0.25, 0.3) is 0 Å². The molecule has 4 N–H and O–H groups in total. The molecule has 0 heterocycles. The molecule has 1 saturated carbocycles. The summed E-state index contributed by atoms with van der Waals surface area (Å²) >= 11 is 0. The highest BCUT2D eigenvalue weighted by Gasteiger charge is 2.35. The Balaban J connectivity index is 2.40. The van der Waals surface area contributed by atoms with Gasteiger partial charge in [-0.15, -0.1) is 0 Å². The van der Waals surface area contributed by atoms with Crippen molar-refractivity contribution in [2.24, 2.45) is 11.1 Å². The van der Waals surface area contributed by atoms with Gasteiger partial charge in [0.15, 0.2) is 0 Å². The van der Waals surface area contributed by atoms with Crippen LogP contribution < -0.4 is 11.1 Å². The fourth-order valence-corrected chi connectivity index (χ4v) is 2.45. The van der Waals surface area contributed by atoms with E-state index in [0.717, 1.165) is 32.1 Å². The lowest BCUT2D eigenvalue weighted by molar-refractivity contribution is -0.123. The van der Waals surface area contributed by atoms with E-state index in [-0.39, 0.29) is 17.4 Å². The lowest BCUT2D eigenvalue weighted by atomic mass is 9.73. The molecule has 0 bridgehead atoms. The van der Waals surface area contributed by atoms with Crippen molar-refractivity contribution in [2.75, 3.05) is 6.54 Å². The summed E-state index contributed by atoms with van der Waals surface area (Å²) in [7, 11) is 0. The summed E-state index contributed by atoms with van der Waals surface area (Å²) in [6.07, 6.45) is 5.34. The molecule has 0 aromatic carbocycles. The van der Waals surface area contributed by atoms with Crippen molar-refractivity contribution in [1.29, 1.82) is 0 Å². The molecular formula is C13H26N2O2. The van der Waals surface area contributed by atoms with Crippen LogP contribution in [0.5, 0.6) is 0 Å². The second-order valence-corrected chi connectivity index (χ2v) is 5.53. The van der Waals surface area contributed by atoms with Crippen LogP contribution in [0.3, 0.4) is 0 Å². The fraction of sp³-hybridized carbons (Fsp3) is 0.923. The largest absolute Gasteiger partial charge is 0.392 e. The highest BCUT2D eigenvalue weighted by atomic mass is 16.3.